The van der Waals surface area contributed by atoms with Gasteiger partial charge in [0, 0.05) is 19.5 Å². The Balaban J connectivity index is 1.28. The van der Waals surface area contributed by atoms with Crippen LogP contribution in [-0.2, 0) is 17.4 Å². The molecule has 3 amide bonds. The van der Waals surface area contributed by atoms with Gasteiger partial charge in [0.2, 0.25) is 5.91 Å². The Bertz CT molecular complexity index is 1070. The highest BCUT2D eigenvalue weighted by Gasteiger charge is 2.34. The molecule has 1 saturated carbocycles. The van der Waals surface area contributed by atoms with Gasteiger partial charge in [-0.2, -0.15) is 13.2 Å². The van der Waals surface area contributed by atoms with Crippen LogP contribution in [0.25, 0.3) is 0 Å². The fourth-order valence-corrected chi connectivity index (χ4v) is 3.96. The number of aryl methyl sites for hydroxylation is 1. The SMILES string of the molecule is Cc1nc(CC2CC(NC(=O)Nc3ccc(C(F)(F)F)nc3)C2)nc2c1NC(=O)[C@H](C)N2C. The van der Waals surface area contributed by atoms with Gasteiger partial charge < -0.3 is 20.9 Å². The number of fused-ring (bicyclic) bond motifs is 1. The highest BCUT2D eigenvalue weighted by molar-refractivity contribution is 6.02. The molecule has 0 radical (unpaired) electrons. The van der Waals surface area contributed by atoms with Crippen LogP contribution in [0.2, 0.25) is 0 Å². The highest BCUT2D eigenvalue weighted by Crippen LogP contribution is 2.34. The standard InChI is InChI=1S/C21H24F3N7O2/c1-10-17-18(31(3)11(2)19(32)30-17)29-16(26-10)8-12-6-14(7-12)28-20(33)27-13-4-5-15(25-9-13)21(22,23)24/h4-5,9,11-12,14H,6-8H2,1-3H3,(H,30,32)(H2,27,28,33)/t11-,12?,14?/m0/s1. The van der Waals surface area contributed by atoms with Crippen molar-refractivity contribution < 1.29 is 22.8 Å². The fraction of sp³-hybridized carbons (Fsp3) is 0.476. The van der Waals surface area contributed by atoms with Crippen LogP contribution >= 0.6 is 0 Å². The molecule has 2 aliphatic rings. The zero-order valence-electron chi connectivity index (χ0n) is 18.3. The van der Waals surface area contributed by atoms with Crippen molar-refractivity contribution in [1.82, 2.24) is 20.3 Å². The number of halogens is 3. The van der Waals surface area contributed by atoms with Crippen LogP contribution < -0.4 is 20.9 Å². The van der Waals surface area contributed by atoms with E-state index in [1.165, 1.54) is 0 Å². The van der Waals surface area contributed by atoms with Crippen molar-refractivity contribution in [3.8, 4) is 0 Å². The maximum atomic E-state index is 12.6. The topological polar surface area (TPSA) is 112 Å². The van der Waals surface area contributed by atoms with Crippen LogP contribution in [-0.4, -0.2) is 46.0 Å². The number of rotatable bonds is 4. The number of amides is 3. The van der Waals surface area contributed by atoms with Crippen LogP contribution in [0.5, 0.6) is 0 Å². The number of alkyl halides is 3. The Morgan fingerprint density at radius 1 is 1.27 bits per heavy atom. The van der Waals surface area contributed by atoms with Gasteiger partial charge >= 0.3 is 12.2 Å². The Morgan fingerprint density at radius 3 is 2.64 bits per heavy atom. The summed E-state index contributed by atoms with van der Waals surface area (Å²) in [5.41, 5.74) is 0.505. The number of hydrogen-bond donors (Lipinski definition) is 3. The Kier molecular flexibility index (Phi) is 5.85. The molecule has 2 aromatic rings. The van der Waals surface area contributed by atoms with Crippen molar-refractivity contribution in [3.05, 3.63) is 35.5 Å². The average Bonchev–Trinajstić information content (AvgIpc) is 2.71. The molecule has 1 atom stereocenters. The molecule has 1 aliphatic heterocycles. The molecule has 0 saturated heterocycles. The van der Waals surface area contributed by atoms with Gasteiger partial charge in [0.05, 0.1) is 17.6 Å². The van der Waals surface area contributed by atoms with Crippen molar-refractivity contribution in [3.63, 3.8) is 0 Å². The molecule has 33 heavy (non-hydrogen) atoms. The zero-order valence-corrected chi connectivity index (χ0v) is 18.3. The molecular weight excluding hydrogens is 439 g/mol. The number of hydrogen-bond acceptors (Lipinski definition) is 6. The number of urea groups is 1. The predicted octanol–water partition coefficient (Wildman–Crippen LogP) is 3.12. The van der Waals surface area contributed by atoms with Gasteiger partial charge in [-0.25, -0.2) is 19.7 Å². The first-order valence-electron chi connectivity index (χ1n) is 10.5. The van der Waals surface area contributed by atoms with Crippen molar-refractivity contribution in [1.29, 1.82) is 0 Å². The van der Waals surface area contributed by atoms with E-state index in [2.05, 4.69) is 30.9 Å². The van der Waals surface area contributed by atoms with E-state index in [9.17, 15) is 22.8 Å². The maximum absolute atomic E-state index is 12.6. The minimum Gasteiger partial charge on any atom is -0.346 e. The van der Waals surface area contributed by atoms with E-state index in [0.29, 0.717) is 35.4 Å². The Labute approximate surface area is 188 Å². The Hall–Kier alpha value is -3.44. The van der Waals surface area contributed by atoms with E-state index in [1.54, 1.807) is 0 Å². The van der Waals surface area contributed by atoms with Crippen LogP contribution in [0.15, 0.2) is 18.3 Å². The number of nitrogens with zero attached hydrogens (tertiary/aromatic N) is 4. The smallest absolute Gasteiger partial charge is 0.346 e. The number of likely N-dealkylation sites (N-methyl/N-ethyl adjacent to an activating group) is 1. The Morgan fingerprint density at radius 2 is 2.00 bits per heavy atom. The highest BCUT2D eigenvalue weighted by atomic mass is 19.4. The number of anilines is 3. The quantitative estimate of drug-likeness (QED) is 0.642. The largest absolute Gasteiger partial charge is 0.433 e. The van der Waals surface area contributed by atoms with E-state index in [-0.39, 0.29) is 23.7 Å². The zero-order chi connectivity index (χ0) is 23.9. The maximum Gasteiger partial charge on any atom is 0.433 e. The lowest BCUT2D eigenvalue weighted by atomic mass is 9.78. The number of carbonyl (C=O) groups is 2. The number of carbonyl (C=O) groups excluding carboxylic acids is 2. The van der Waals surface area contributed by atoms with Gasteiger partial charge in [0.25, 0.3) is 0 Å². The van der Waals surface area contributed by atoms with Gasteiger partial charge in [0.15, 0.2) is 5.82 Å². The molecule has 3 heterocycles. The third-order valence-electron chi connectivity index (χ3n) is 6.01. The summed E-state index contributed by atoms with van der Waals surface area (Å²) in [6.45, 7) is 3.64. The van der Waals surface area contributed by atoms with Gasteiger partial charge in [0.1, 0.15) is 23.2 Å². The van der Waals surface area contributed by atoms with Crippen LogP contribution in [0.1, 0.15) is 37.0 Å². The van der Waals surface area contributed by atoms with E-state index in [0.717, 1.165) is 31.2 Å². The second-order valence-corrected chi connectivity index (χ2v) is 8.47. The molecule has 176 valence electrons. The minimum atomic E-state index is -4.52. The van der Waals surface area contributed by atoms with E-state index in [1.807, 2.05) is 25.8 Å². The summed E-state index contributed by atoms with van der Waals surface area (Å²) in [4.78, 5) is 38.5. The molecular formula is C21H24F3N7O2. The van der Waals surface area contributed by atoms with Crippen LogP contribution in [0.3, 0.4) is 0 Å². The lowest BCUT2D eigenvalue weighted by molar-refractivity contribution is -0.141. The summed E-state index contributed by atoms with van der Waals surface area (Å²) in [7, 11) is 1.83. The van der Waals surface area contributed by atoms with Gasteiger partial charge in [-0.05, 0) is 44.7 Å². The molecule has 2 aromatic heterocycles. The van der Waals surface area contributed by atoms with Crippen molar-refractivity contribution in [2.75, 3.05) is 22.6 Å². The normalized spacial score (nSPS) is 22.2. The van der Waals surface area contributed by atoms with E-state index >= 15 is 0 Å². The molecule has 0 aromatic carbocycles. The van der Waals surface area contributed by atoms with Gasteiger partial charge in [-0.15, -0.1) is 0 Å². The van der Waals surface area contributed by atoms with Crippen molar-refractivity contribution >= 4 is 29.1 Å². The van der Waals surface area contributed by atoms with E-state index in [4.69, 9.17) is 0 Å². The molecule has 3 N–H and O–H groups in total. The lowest BCUT2D eigenvalue weighted by Crippen LogP contribution is -2.47. The first-order valence-corrected chi connectivity index (χ1v) is 10.5. The first-order chi connectivity index (χ1) is 15.5. The molecule has 1 aliphatic carbocycles. The van der Waals surface area contributed by atoms with Crippen LogP contribution in [0.4, 0.5) is 35.2 Å². The fourth-order valence-electron chi connectivity index (χ4n) is 3.96. The summed E-state index contributed by atoms with van der Waals surface area (Å²) < 4.78 is 37.7. The number of pyridine rings is 1. The molecule has 1 fully saturated rings. The number of nitrogens with one attached hydrogen (secondary N) is 3. The van der Waals surface area contributed by atoms with Gasteiger partial charge in [-0.1, -0.05) is 0 Å². The lowest BCUT2D eigenvalue weighted by Gasteiger charge is -2.36. The summed E-state index contributed by atoms with van der Waals surface area (Å²) in [5.74, 6) is 1.58. The molecule has 12 heteroatoms. The summed E-state index contributed by atoms with van der Waals surface area (Å²) in [6.07, 6.45) is -1.43. The third kappa shape index (κ3) is 4.83. The van der Waals surface area contributed by atoms with Crippen molar-refractivity contribution in [2.45, 2.75) is 51.4 Å². The predicted molar refractivity (Wildman–Crippen MR) is 115 cm³/mol. The van der Waals surface area contributed by atoms with Crippen molar-refractivity contribution in [2.24, 2.45) is 5.92 Å². The van der Waals surface area contributed by atoms with Crippen LogP contribution in [0, 0.1) is 12.8 Å². The molecule has 4 rings (SSSR count). The minimum absolute atomic E-state index is 0.0434. The molecule has 0 spiro atoms. The van der Waals surface area contributed by atoms with E-state index < -0.39 is 17.9 Å². The van der Waals surface area contributed by atoms with Gasteiger partial charge in [-0.3, -0.25) is 4.79 Å². The third-order valence-corrected chi connectivity index (χ3v) is 6.01. The monoisotopic (exact) mass is 463 g/mol. The summed E-state index contributed by atoms with van der Waals surface area (Å²) in [6, 6.07) is 1.12. The molecule has 0 unspecified atom stereocenters. The second kappa shape index (κ2) is 8.49. The molecule has 9 nitrogen and oxygen atoms in total. The molecule has 0 bridgehead atoms. The summed E-state index contributed by atoms with van der Waals surface area (Å²) in [5, 5.41) is 8.16. The summed E-state index contributed by atoms with van der Waals surface area (Å²) >= 11 is 0. The number of aromatic nitrogens is 3. The second-order valence-electron chi connectivity index (χ2n) is 8.47. The first kappa shape index (κ1) is 22.7. The average molecular weight is 463 g/mol.